The van der Waals surface area contributed by atoms with Crippen molar-refractivity contribution in [3.8, 4) is 5.75 Å². The first-order valence-corrected chi connectivity index (χ1v) is 44.9. The van der Waals surface area contributed by atoms with E-state index in [1.54, 1.807) is 155 Å². The first-order chi connectivity index (χ1) is 62.5. The summed E-state index contributed by atoms with van der Waals surface area (Å²) in [7, 11) is 6.64. The summed E-state index contributed by atoms with van der Waals surface area (Å²) in [5, 5.41) is 45.6. The van der Waals surface area contributed by atoms with Crippen molar-refractivity contribution in [1.82, 2.24) is 77.3 Å². The van der Waals surface area contributed by atoms with E-state index in [9.17, 15) is 43.8 Å². The van der Waals surface area contributed by atoms with Crippen molar-refractivity contribution in [3.05, 3.63) is 215 Å². The number of thioether (sulfide) groups is 1. The lowest BCUT2D eigenvalue weighted by molar-refractivity contribution is -0.151. The van der Waals surface area contributed by atoms with Gasteiger partial charge in [0.15, 0.2) is 0 Å². The van der Waals surface area contributed by atoms with Gasteiger partial charge in [0.05, 0.1) is 31.8 Å². The predicted octanol–water partition coefficient (Wildman–Crippen LogP) is 3.41. The summed E-state index contributed by atoms with van der Waals surface area (Å²) < 4.78 is 0. The number of nitrogens with zero attached hydrogens (tertiary/aromatic N) is 5. The lowest BCUT2D eigenvalue weighted by Crippen LogP contribution is -2.61. The van der Waals surface area contributed by atoms with E-state index in [4.69, 9.17) is 5.73 Å². The van der Waals surface area contributed by atoms with Crippen LogP contribution in [0.1, 0.15) is 112 Å². The number of unbranched alkanes of at least 4 members (excludes halogenated alkanes) is 1. The molecular weight excluding hydrogens is 1700 g/mol. The summed E-state index contributed by atoms with van der Waals surface area (Å²) >= 11 is 0.839. The minimum Gasteiger partial charge on any atom is -0.508 e. The number of phenols is 1. The van der Waals surface area contributed by atoms with Crippen molar-refractivity contribution in [3.63, 3.8) is 0 Å². The highest BCUT2D eigenvalue weighted by molar-refractivity contribution is 8.00. The number of phenolic OH excluding ortho intramolecular Hbond substituents is 1. The lowest BCUT2D eigenvalue weighted by atomic mass is 9.98. The third-order valence-corrected chi connectivity index (χ3v) is 24.1. The molecule has 1 saturated heterocycles. The number of H-pyrrole nitrogens is 1. The van der Waals surface area contributed by atoms with Gasteiger partial charge < -0.3 is 93.3 Å². The molecule has 1 fully saturated rings. The Morgan fingerprint density at radius 2 is 0.985 bits per heavy atom. The Balaban J connectivity index is 1.11. The number of amides is 15. The molecule has 0 bridgehead atoms. The topological polar surface area (TPSA) is 480 Å². The maximum Gasteiger partial charge on any atom is 0.305 e. The van der Waals surface area contributed by atoms with Gasteiger partial charge in [-0.15, -0.1) is 11.8 Å². The number of aromatic hydroxyl groups is 1. The molecule has 0 unspecified atom stereocenters. The smallest absolute Gasteiger partial charge is 0.305 e. The molecule has 1 aliphatic heterocycles. The Labute approximate surface area is 765 Å². The van der Waals surface area contributed by atoms with Crippen LogP contribution in [-0.2, 0) is 115 Å². The van der Waals surface area contributed by atoms with Crippen molar-refractivity contribution in [2.24, 2.45) is 17.6 Å². The van der Waals surface area contributed by atoms with Crippen LogP contribution < -0.4 is 53.6 Å². The SMILES string of the molecule is CCCC[C@H]1C(=O)N(C)CC(=O)N[C@@H](CC(=O)O)C(=O)N[C@@H](C(C)C)C(=O)N(C)[C@@H](Cc2ccccc2)C(=O)N[C@@H](Cc2c[nH]c3ccccc23)C(=O)N(C)CC(=O)N[C@@H](CC2=CCc3ccccc32)C(=O)N[C@@H](Cc2ccc(O)cc2)C(=O)N[C@@H](CC(C)C)C(=O)N[C@H](C(=O)NCC(N)=O)CSCC(=O)N[C@@H](Cc2ccccc2)C(=O)N(C)[C@@H](Cc2ccccc2)C(=O)N1C. The minimum absolute atomic E-state index is 0.0364. The number of hydrogen-bond donors (Lipinski definition) is 13. The number of para-hydroxylation sites is 1. The first kappa shape index (κ1) is 101. The standard InChI is InChI=1S/C96H120N16O18S/c1-11-12-36-77-94(128)109(7)54-82(116)101-73(50-84(118)119)90(124)107-85(58(4)5)96(130)111(9)78(46-60-28-18-14-19-29-60)91(125)105-75(49-65-51-98-69-35-25-24-34-68(65)69)92(126)108(6)53-81(115)100-72(48-64-40-39-63-32-22-23-33-67(63)64)89(123)104-71(44-62-37-41-66(113)42-38-62)88(122)103-70(43-57(2)3)87(121)106-76(86(120)99-52-80(97)114)55-131-56-83(117)102-74(45-59-26-16-13-17-27-59)93(127)112(10)79(95(129)110(77)8)47-61-30-20-15-21-31-61/h13-35,37-38,40-42,51,57-58,70-79,85,98,113H,11-12,36,39,43-50,52-56H2,1-10H3,(H2,97,114)(H,99,120)(H,100,115)(H,101,116)(H,102,117)(H,103,122)(H,104,123)(H,105,125)(H,106,121)(H,107,124)(H,118,119)/t70-,71-,72-,73-,74-,75-,76-,77-,78-,79-,85-/m0/s1. The number of fused-ring (bicyclic) bond motifs is 2. The fourth-order valence-electron chi connectivity index (χ4n) is 15.8. The molecule has 6 aromatic carbocycles. The molecule has 2 heterocycles. The fraction of sp³-hybridized carbons (Fsp3) is 0.417. The van der Waals surface area contributed by atoms with Gasteiger partial charge in [-0.1, -0.05) is 199 Å². The maximum absolute atomic E-state index is 15.6. The number of carboxylic acid groups (broad SMARTS) is 1. The third-order valence-electron chi connectivity index (χ3n) is 23.0. The van der Waals surface area contributed by atoms with E-state index in [0.29, 0.717) is 63.6 Å². The van der Waals surface area contributed by atoms with E-state index in [2.05, 4.69) is 52.8 Å². The van der Waals surface area contributed by atoms with Crippen LogP contribution in [0.4, 0.5) is 0 Å². The highest BCUT2D eigenvalue weighted by Gasteiger charge is 2.43. The largest absolute Gasteiger partial charge is 0.508 e. The van der Waals surface area contributed by atoms with Crippen LogP contribution in [0, 0.1) is 11.8 Å². The monoisotopic (exact) mass is 1820 g/mol. The van der Waals surface area contributed by atoms with Crippen LogP contribution in [0.25, 0.3) is 16.5 Å². The number of likely N-dealkylation sites (N-methyl/N-ethyl adjacent to an activating group) is 5. The van der Waals surface area contributed by atoms with Gasteiger partial charge in [0.1, 0.15) is 72.2 Å². The Morgan fingerprint density at radius 3 is 1.59 bits per heavy atom. The van der Waals surface area contributed by atoms with Gasteiger partial charge in [-0.25, -0.2) is 0 Å². The normalized spacial score (nSPS) is 22.1. The highest BCUT2D eigenvalue weighted by atomic mass is 32.2. The van der Waals surface area contributed by atoms with Crippen LogP contribution in [0.2, 0.25) is 0 Å². The predicted molar refractivity (Wildman–Crippen MR) is 493 cm³/mol. The number of aliphatic carboxylic acids is 1. The van der Waals surface area contributed by atoms with E-state index >= 15 is 43.2 Å². The second kappa shape index (κ2) is 48.6. The van der Waals surface area contributed by atoms with E-state index in [1.807, 2.05) is 31.2 Å². The van der Waals surface area contributed by atoms with Crippen LogP contribution in [0.5, 0.6) is 5.75 Å². The number of carbonyl (C=O) groups is 16. The van der Waals surface area contributed by atoms with Crippen molar-refractivity contribution < 1.29 is 86.9 Å². The van der Waals surface area contributed by atoms with E-state index in [-0.39, 0.29) is 68.8 Å². The van der Waals surface area contributed by atoms with Crippen LogP contribution in [0.3, 0.4) is 0 Å². The van der Waals surface area contributed by atoms with E-state index in [0.717, 1.165) is 37.6 Å². The molecule has 1 aromatic heterocycles. The molecule has 2 aliphatic rings. The molecule has 1 aliphatic carbocycles. The van der Waals surface area contributed by atoms with Crippen LogP contribution in [-0.4, -0.2) is 267 Å². The highest BCUT2D eigenvalue weighted by Crippen LogP contribution is 2.32. The van der Waals surface area contributed by atoms with Crippen molar-refractivity contribution >= 4 is 123 Å². The Morgan fingerprint density at radius 1 is 0.489 bits per heavy atom. The summed E-state index contributed by atoms with van der Waals surface area (Å²) in [4.78, 5) is 245. The number of aromatic nitrogens is 1. The molecule has 0 saturated carbocycles. The second-order valence-corrected chi connectivity index (χ2v) is 35.0. The number of rotatable bonds is 23. The molecular formula is C96H120N16O18S. The van der Waals surface area contributed by atoms with Gasteiger partial charge in [-0.3, -0.25) is 76.7 Å². The van der Waals surface area contributed by atoms with Crippen LogP contribution >= 0.6 is 11.8 Å². The number of hydrogen-bond acceptors (Lipinski definition) is 18. The minimum atomic E-state index is -1.89. The summed E-state index contributed by atoms with van der Waals surface area (Å²) in [6, 6.07) is 29.6. The Kier molecular flexibility index (Phi) is 37.5. The zero-order chi connectivity index (χ0) is 95.3. The third kappa shape index (κ3) is 29.4. The number of nitrogens with one attached hydrogen (secondary N) is 10. The van der Waals surface area contributed by atoms with Gasteiger partial charge in [0, 0.05) is 96.6 Å². The molecule has 35 heteroatoms. The molecule has 14 N–H and O–H groups in total. The van der Waals surface area contributed by atoms with Crippen molar-refractivity contribution in [2.75, 3.05) is 66.4 Å². The Hall–Kier alpha value is -13.7. The molecule has 11 atom stereocenters. The van der Waals surface area contributed by atoms with Gasteiger partial charge in [-0.05, 0) is 93.8 Å². The average molecular weight is 1820 g/mol. The molecule has 7 aromatic rings. The number of carbonyl (C=O) groups excluding carboxylic acids is 15. The molecule has 34 nitrogen and oxygen atoms in total. The fourth-order valence-corrected chi connectivity index (χ4v) is 16.7. The summed E-state index contributed by atoms with van der Waals surface area (Å²) in [6.45, 7) is 6.31. The quantitative estimate of drug-likeness (QED) is 0.0436. The Bertz CT molecular complexity index is 5250. The number of primary amides is 1. The number of allylic oxidation sites excluding steroid dienone is 1. The van der Waals surface area contributed by atoms with Gasteiger partial charge in [0.25, 0.3) is 0 Å². The van der Waals surface area contributed by atoms with E-state index < -0.39 is 199 Å². The molecule has 131 heavy (non-hydrogen) atoms. The zero-order valence-corrected chi connectivity index (χ0v) is 76.2. The van der Waals surface area contributed by atoms with Gasteiger partial charge in [-0.2, -0.15) is 0 Å². The molecule has 9 rings (SSSR count). The maximum atomic E-state index is 15.6. The number of aromatic amines is 1. The number of carboxylic acids is 1. The molecule has 15 amide bonds. The van der Waals surface area contributed by atoms with Gasteiger partial charge >= 0.3 is 5.97 Å². The molecule has 0 spiro atoms. The summed E-state index contributed by atoms with van der Waals surface area (Å²) in [5.74, 6) is -16.9. The van der Waals surface area contributed by atoms with Crippen molar-refractivity contribution in [1.29, 1.82) is 0 Å². The van der Waals surface area contributed by atoms with Gasteiger partial charge in [0.2, 0.25) is 88.6 Å². The van der Waals surface area contributed by atoms with Crippen molar-refractivity contribution in [2.45, 2.75) is 178 Å². The second-order valence-electron chi connectivity index (χ2n) is 34.0. The first-order valence-electron chi connectivity index (χ1n) is 43.7. The van der Waals surface area contributed by atoms with Crippen LogP contribution in [0.15, 0.2) is 176 Å². The number of benzene rings is 6. The molecule has 698 valence electrons. The zero-order valence-electron chi connectivity index (χ0n) is 75.4. The summed E-state index contributed by atoms with van der Waals surface area (Å²) in [6.07, 6.45) is 2.73. The average Bonchev–Trinajstić information content (AvgIpc) is 1.80. The number of nitrogens with two attached hydrogens (primary N) is 1. The molecule has 0 radical (unpaired) electrons. The van der Waals surface area contributed by atoms with E-state index in [1.165, 1.54) is 69.3 Å². The lowest BCUT2D eigenvalue weighted by Gasteiger charge is -2.37. The summed E-state index contributed by atoms with van der Waals surface area (Å²) in [5.41, 5.74) is 11.2.